The van der Waals surface area contributed by atoms with Crippen LogP contribution in [-0.4, -0.2) is 37.3 Å². The van der Waals surface area contributed by atoms with Crippen LogP contribution < -0.4 is 5.32 Å². The summed E-state index contributed by atoms with van der Waals surface area (Å²) in [6, 6.07) is 0. The van der Waals surface area contributed by atoms with E-state index in [9.17, 15) is 5.11 Å². The van der Waals surface area contributed by atoms with E-state index in [-0.39, 0.29) is 12.0 Å². The molecule has 6 nitrogen and oxygen atoms in total. The molecular formula is C12H16ClN5O. The maximum absolute atomic E-state index is 9.85. The van der Waals surface area contributed by atoms with E-state index >= 15 is 0 Å². The summed E-state index contributed by atoms with van der Waals surface area (Å²) >= 11 is 6.09. The molecule has 3 rings (SSSR count). The van der Waals surface area contributed by atoms with Gasteiger partial charge in [-0.05, 0) is 19.8 Å². The van der Waals surface area contributed by atoms with Gasteiger partial charge >= 0.3 is 0 Å². The number of halogens is 1. The Labute approximate surface area is 115 Å². The summed E-state index contributed by atoms with van der Waals surface area (Å²) in [6.45, 7) is 2.60. The van der Waals surface area contributed by atoms with Gasteiger partial charge in [-0.25, -0.2) is 0 Å². The van der Waals surface area contributed by atoms with Crippen LogP contribution in [0.3, 0.4) is 0 Å². The van der Waals surface area contributed by atoms with Gasteiger partial charge in [-0.1, -0.05) is 18.0 Å². The minimum atomic E-state index is -0.212. The van der Waals surface area contributed by atoms with E-state index in [0.29, 0.717) is 17.5 Å². The first-order valence-corrected chi connectivity index (χ1v) is 6.82. The number of rotatable bonds is 3. The van der Waals surface area contributed by atoms with Crippen LogP contribution in [0.25, 0.3) is 5.78 Å². The fourth-order valence-electron chi connectivity index (χ4n) is 2.59. The molecule has 0 aromatic carbocycles. The molecule has 1 fully saturated rings. The number of hydrogen-bond donors (Lipinski definition) is 2. The van der Waals surface area contributed by atoms with E-state index < -0.39 is 0 Å². The van der Waals surface area contributed by atoms with Crippen molar-refractivity contribution in [1.29, 1.82) is 0 Å². The summed E-state index contributed by atoms with van der Waals surface area (Å²) < 4.78 is 1.64. The lowest BCUT2D eigenvalue weighted by atomic mass is 10.1. The number of aliphatic hydroxyl groups is 1. The summed E-state index contributed by atoms with van der Waals surface area (Å²) in [5.74, 6) is 1.56. The Morgan fingerprint density at radius 2 is 2.37 bits per heavy atom. The summed E-state index contributed by atoms with van der Waals surface area (Å²) in [5.41, 5.74) is 0.840. The molecule has 102 valence electrons. The van der Waals surface area contributed by atoms with Crippen molar-refractivity contribution in [2.75, 3.05) is 11.9 Å². The van der Waals surface area contributed by atoms with Crippen molar-refractivity contribution in [3.8, 4) is 0 Å². The molecule has 2 unspecified atom stereocenters. The van der Waals surface area contributed by atoms with Crippen molar-refractivity contribution in [2.45, 2.75) is 32.3 Å². The molecule has 1 saturated carbocycles. The van der Waals surface area contributed by atoms with Gasteiger partial charge in [0.05, 0.1) is 6.10 Å². The average molecular weight is 282 g/mol. The molecule has 1 aliphatic rings. The number of aromatic nitrogens is 4. The van der Waals surface area contributed by atoms with Crippen LogP contribution in [0.4, 0.5) is 5.82 Å². The van der Waals surface area contributed by atoms with Crippen LogP contribution in [-0.2, 0) is 0 Å². The third kappa shape index (κ3) is 2.26. The van der Waals surface area contributed by atoms with Gasteiger partial charge in [0.15, 0.2) is 0 Å². The molecule has 0 saturated heterocycles. The normalized spacial score (nSPS) is 23.1. The number of nitrogens with zero attached hydrogens (tertiary/aromatic N) is 4. The molecular weight excluding hydrogens is 266 g/mol. The van der Waals surface area contributed by atoms with Crippen LogP contribution in [0.1, 0.15) is 24.8 Å². The minimum absolute atomic E-state index is 0.212. The maximum Gasteiger partial charge on any atom is 0.255 e. The van der Waals surface area contributed by atoms with Gasteiger partial charge in [-0.15, -0.1) is 0 Å². The molecule has 0 amide bonds. The number of hydrogen-bond acceptors (Lipinski definition) is 5. The molecule has 2 aromatic rings. The Kier molecular flexibility index (Phi) is 3.28. The van der Waals surface area contributed by atoms with Crippen molar-refractivity contribution < 1.29 is 5.11 Å². The van der Waals surface area contributed by atoms with Gasteiger partial charge < -0.3 is 10.4 Å². The molecule has 2 aromatic heterocycles. The first-order chi connectivity index (χ1) is 9.16. The van der Waals surface area contributed by atoms with E-state index in [2.05, 4.69) is 20.4 Å². The molecule has 2 heterocycles. The Morgan fingerprint density at radius 1 is 1.53 bits per heavy atom. The lowest BCUT2D eigenvalue weighted by molar-refractivity contribution is 0.138. The smallest absolute Gasteiger partial charge is 0.255 e. The third-order valence-electron chi connectivity index (χ3n) is 3.76. The zero-order valence-corrected chi connectivity index (χ0v) is 11.4. The lowest BCUT2D eigenvalue weighted by Crippen LogP contribution is -2.23. The Balaban J connectivity index is 1.87. The molecule has 0 bridgehead atoms. The van der Waals surface area contributed by atoms with Crippen molar-refractivity contribution >= 4 is 23.2 Å². The predicted octanol–water partition coefficient (Wildman–Crippen LogP) is 1.66. The quantitative estimate of drug-likeness (QED) is 0.837. The van der Waals surface area contributed by atoms with E-state index in [0.717, 1.165) is 30.6 Å². The van der Waals surface area contributed by atoms with Crippen LogP contribution in [0.2, 0.25) is 5.15 Å². The third-order valence-corrected chi connectivity index (χ3v) is 4.12. The number of anilines is 1. The summed E-state index contributed by atoms with van der Waals surface area (Å²) in [5, 5.41) is 17.8. The van der Waals surface area contributed by atoms with Crippen molar-refractivity contribution in [3.05, 3.63) is 17.0 Å². The average Bonchev–Trinajstić information content (AvgIpc) is 2.99. The topological polar surface area (TPSA) is 75.3 Å². The highest BCUT2D eigenvalue weighted by atomic mass is 35.5. The van der Waals surface area contributed by atoms with Crippen molar-refractivity contribution in [2.24, 2.45) is 5.92 Å². The summed E-state index contributed by atoms with van der Waals surface area (Å²) in [7, 11) is 0. The van der Waals surface area contributed by atoms with E-state index in [1.807, 2.05) is 6.92 Å². The van der Waals surface area contributed by atoms with E-state index in [1.165, 1.54) is 6.33 Å². The highest BCUT2D eigenvalue weighted by molar-refractivity contribution is 6.30. The predicted molar refractivity (Wildman–Crippen MR) is 72.4 cm³/mol. The lowest BCUT2D eigenvalue weighted by Gasteiger charge is -2.17. The zero-order valence-electron chi connectivity index (χ0n) is 10.7. The highest BCUT2D eigenvalue weighted by Gasteiger charge is 2.25. The van der Waals surface area contributed by atoms with Crippen molar-refractivity contribution in [1.82, 2.24) is 19.6 Å². The second kappa shape index (κ2) is 4.94. The van der Waals surface area contributed by atoms with Gasteiger partial charge in [0.2, 0.25) is 0 Å². The van der Waals surface area contributed by atoms with Crippen LogP contribution in [0.15, 0.2) is 6.33 Å². The van der Waals surface area contributed by atoms with Gasteiger partial charge in [0, 0.05) is 18.0 Å². The fourth-order valence-corrected chi connectivity index (χ4v) is 2.75. The van der Waals surface area contributed by atoms with Gasteiger partial charge in [0.1, 0.15) is 17.3 Å². The number of aliphatic hydroxyl groups excluding tert-OH is 1. The highest BCUT2D eigenvalue weighted by Crippen LogP contribution is 2.27. The molecule has 0 spiro atoms. The monoisotopic (exact) mass is 281 g/mol. The van der Waals surface area contributed by atoms with Gasteiger partial charge in [0.25, 0.3) is 5.78 Å². The fraction of sp³-hybridized carbons (Fsp3) is 0.583. The van der Waals surface area contributed by atoms with Crippen molar-refractivity contribution in [3.63, 3.8) is 0 Å². The van der Waals surface area contributed by atoms with Crippen LogP contribution in [0.5, 0.6) is 0 Å². The molecule has 2 N–H and O–H groups in total. The molecule has 19 heavy (non-hydrogen) atoms. The second-order valence-corrected chi connectivity index (χ2v) is 5.35. The SMILES string of the molecule is Cc1c(Cl)nc2ncnn2c1NCC1CCCC1O. The Morgan fingerprint density at radius 3 is 3.11 bits per heavy atom. The first kappa shape index (κ1) is 12.6. The molecule has 1 aliphatic carbocycles. The van der Waals surface area contributed by atoms with E-state index in [4.69, 9.17) is 11.6 Å². The van der Waals surface area contributed by atoms with Gasteiger partial charge in [-0.3, -0.25) is 0 Å². The zero-order chi connectivity index (χ0) is 13.4. The largest absolute Gasteiger partial charge is 0.393 e. The summed E-state index contributed by atoms with van der Waals surface area (Å²) in [4.78, 5) is 8.20. The Bertz CT molecular complexity index is 599. The first-order valence-electron chi connectivity index (χ1n) is 6.44. The standard InChI is InChI=1S/C12H16ClN5O/c1-7-10(13)17-12-15-6-16-18(12)11(7)14-5-8-3-2-4-9(8)19/h6,8-9,14,19H,2-5H2,1H3. The number of fused-ring (bicyclic) bond motifs is 1. The second-order valence-electron chi connectivity index (χ2n) is 4.99. The Hall–Kier alpha value is -1.40. The van der Waals surface area contributed by atoms with Gasteiger partial charge in [-0.2, -0.15) is 19.6 Å². The number of nitrogens with one attached hydrogen (secondary N) is 1. The van der Waals surface area contributed by atoms with Crippen LogP contribution >= 0.6 is 11.6 Å². The minimum Gasteiger partial charge on any atom is -0.393 e. The molecule has 0 aliphatic heterocycles. The van der Waals surface area contributed by atoms with Crippen LogP contribution in [0, 0.1) is 12.8 Å². The molecule has 0 radical (unpaired) electrons. The maximum atomic E-state index is 9.85. The summed E-state index contributed by atoms with van der Waals surface area (Å²) in [6.07, 6.45) is 4.26. The molecule has 7 heteroatoms. The molecule has 2 atom stereocenters. The van der Waals surface area contributed by atoms with E-state index in [1.54, 1.807) is 4.52 Å².